The molecule has 1 aliphatic carbocycles. The van der Waals surface area contributed by atoms with Crippen molar-refractivity contribution in [3.63, 3.8) is 0 Å². The molecule has 2 N–H and O–H groups in total. The van der Waals surface area contributed by atoms with Crippen LogP contribution in [0.15, 0.2) is 11.4 Å². The van der Waals surface area contributed by atoms with E-state index >= 15 is 0 Å². The van der Waals surface area contributed by atoms with Crippen molar-refractivity contribution in [2.75, 3.05) is 0 Å². The fraction of sp³-hybridized carbons (Fsp3) is 0.714. The van der Waals surface area contributed by atoms with Gasteiger partial charge in [0, 0.05) is 10.9 Å². The maximum absolute atomic E-state index is 6.38. The molecule has 1 fully saturated rings. The summed E-state index contributed by atoms with van der Waals surface area (Å²) in [6.07, 6.45) is 5.25. The van der Waals surface area contributed by atoms with Gasteiger partial charge in [-0.15, -0.1) is 11.3 Å². The van der Waals surface area contributed by atoms with Crippen LogP contribution in [0.1, 0.15) is 56.0 Å². The first-order valence-corrected chi connectivity index (χ1v) is 7.16. The molecule has 16 heavy (non-hydrogen) atoms. The molecule has 1 aromatic rings. The lowest BCUT2D eigenvalue weighted by Gasteiger charge is -2.36. The van der Waals surface area contributed by atoms with Gasteiger partial charge in [0.1, 0.15) is 0 Å². The van der Waals surface area contributed by atoms with Gasteiger partial charge in [-0.05, 0) is 60.9 Å². The van der Waals surface area contributed by atoms with Gasteiger partial charge in [0.25, 0.3) is 0 Å². The molecule has 0 aromatic carbocycles. The summed E-state index contributed by atoms with van der Waals surface area (Å²) in [5.41, 5.74) is 8.27. The van der Waals surface area contributed by atoms with Gasteiger partial charge >= 0.3 is 0 Å². The maximum atomic E-state index is 6.38. The van der Waals surface area contributed by atoms with Crippen LogP contribution in [0.2, 0.25) is 0 Å². The molecule has 0 aliphatic heterocycles. The number of hydrogen-bond donors (Lipinski definition) is 1. The van der Waals surface area contributed by atoms with Crippen molar-refractivity contribution < 1.29 is 0 Å². The van der Waals surface area contributed by atoms with Crippen molar-refractivity contribution >= 4 is 11.3 Å². The van der Waals surface area contributed by atoms with Crippen molar-refractivity contribution in [1.29, 1.82) is 0 Å². The van der Waals surface area contributed by atoms with Gasteiger partial charge < -0.3 is 5.73 Å². The van der Waals surface area contributed by atoms with E-state index in [4.69, 9.17) is 5.73 Å². The molecule has 0 bridgehead atoms. The molecular weight excluding hydrogens is 214 g/mol. The number of aryl methyl sites for hydroxylation is 1. The zero-order valence-corrected chi connectivity index (χ0v) is 11.4. The average Bonchev–Trinajstić information content (AvgIpc) is 2.64. The topological polar surface area (TPSA) is 26.0 Å². The summed E-state index contributed by atoms with van der Waals surface area (Å²) >= 11 is 1.82. The molecular formula is C14H23NS. The highest BCUT2D eigenvalue weighted by Gasteiger charge is 2.30. The molecule has 2 heteroatoms. The lowest BCUT2D eigenvalue weighted by Crippen LogP contribution is -2.28. The fourth-order valence-corrected chi connectivity index (χ4v) is 3.44. The second kappa shape index (κ2) is 4.50. The summed E-state index contributed by atoms with van der Waals surface area (Å²) in [7, 11) is 0. The average molecular weight is 237 g/mol. The lowest BCUT2D eigenvalue weighted by molar-refractivity contribution is 0.173. The predicted octanol–water partition coefficient (Wildman–Crippen LogP) is 4.27. The number of thiophene rings is 1. The molecule has 0 spiro atoms. The van der Waals surface area contributed by atoms with Crippen molar-refractivity contribution in [3.8, 4) is 0 Å². The van der Waals surface area contributed by atoms with Gasteiger partial charge in [0.15, 0.2) is 0 Å². The van der Waals surface area contributed by atoms with Crippen molar-refractivity contribution in [2.45, 2.75) is 52.5 Å². The zero-order valence-electron chi connectivity index (χ0n) is 10.6. The molecule has 1 nitrogen and oxygen atoms in total. The third kappa shape index (κ3) is 2.67. The molecule has 1 heterocycles. The molecule has 0 amide bonds. The van der Waals surface area contributed by atoms with Crippen LogP contribution in [0.5, 0.6) is 0 Å². The maximum Gasteiger partial charge on any atom is 0.0331 e. The number of nitrogens with two attached hydrogens (primary N) is 1. The normalized spacial score (nSPS) is 23.2. The Hall–Kier alpha value is -0.340. The van der Waals surface area contributed by atoms with Gasteiger partial charge in [-0.3, -0.25) is 0 Å². The van der Waals surface area contributed by atoms with Gasteiger partial charge in [0.05, 0.1) is 0 Å². The van der Waals surface area contributed by atoms with Gasteiger partial charge in [0.2, 0.25) is 0 Å². The Morgan fingerprint density at radius 3 is 2.50 bits per heavy atom. The molecule has 0 saturated heterocycles. The second-order valence-electron chi connectivity index (χ2n) is 6.02. The Bertz CT molecular complexity index is 343. The Labute approximate surface area is 103 Å². The standard InChI is InChI=1S/C14H23NS/c1-10-8-12(9-16-10)13(15)11-4-6-14(2,3)7-5-11/h8-9,11,13H,4-7,15H2,1-3H3. The summed E-state index contributed by atoms with van der Waals surface area (Å²) in [4.78, 5) is 1.38. The van der Waals surface area contributed by atoms with Crippen LogP contribution in [0.3, 0.4) is 0 Å². The summed E-state index contributed by atoms with van der Waals surface area (Å²) in [5.74, 6) is 0.696. The Balaban J connectivity index is 1.99. The Morgan fingerprint density at radius 1 is 1.38 bits per heavy atom. The highest BCUT2D eigenvalue weighted by atomic mass is 32.1. The smallest absolute Gasteiger partial charge is 0.0331 e. The second-order valence-corrected chi connectivity index (χ2v) is 7.13. The minimum atomic E-state index is 0.265. The SMILES string of the molecule is Cc1cc(C(N)C2CCC(C)(C)CC2)cs1. The Morgan fingerprint density at radius 2 is 2.00 bits per heavy atom. The van der Waals surface area contributed by atoms with Crippen molar-refractivity contribution in [1.82, 2.24) is 0 Å². The van der Waals surface area contributed by atoms with E-state index in [1.807, 2.05) is 11.3 Å². The van der Waals surface area contributed by atoms with E-state index in [1.165, 1.54) is 36.1 Å². The van der Waals surface area contributed by atoms with Crippen LogP contribution in [-0.4, -0.2) is 0 Å². The third-order valence-electron chi connectivity index (χ3n) is 4.03. The summed E-state index contributed by atoms with van der Waals surface area (Å²) in [5, 5.41) is 2.24. The highest BCUT2D eigenvalue weighted by Crippen LogP contribution is 2.42. The van der Waals surface area contributed by atoms with Crippen LogP contribution in [0, 0.1) is 18.3 Å². The van der Waals surface area contributed by atoms with E-state index in [2.05, 4.69) is 32.2 Å². The first-order chi connectivity index (χ1) is 7.48. The van der Waals surface area contributed by atoms with Gasteiger partial charge in [-0.2, -0.15) is 0 Å². The first kappa shape index (κ1) is 12.1. The highest BCUT2D eigenvalue weighted by molar-refractivity contribution is 7.10. The van der Waals surface area contributed by atoms with Crippen LogP contribution < -0.4 is 5.73 Å². The van der Waals surface area contributed by atoms with E-state index in [9.17, 15) is 0 Å². The summed E-state index contributed by atoms with van der Waals surface area (Å²) in [6, 6.07) is 2.52. The van der Waals surface area contributed by atoms with Crippen LogP contribution in [-0.2, 0) is 0 Å². The minimum absolute atomic E-state index is 0.265. The van der Waals surface area contributed by atoms with E-state index in [0.29, 0.717) is 11.3 Å². The molecule has 2 rings (SSSR count). The zero-order chi connectivity index (χ0) is 11.8. The van der Waals surface area contributed by atoms with Crippen molar-refractivity contribution in [3.05, 3.63) is 21.9 Å². The van der Waals surface area contributed by atoms with Gasteiger partial charge in [-0.25, -0.2) is 0 Å². The minimum Gasteiger partial charge on any atom is -0.324 e. The molecule has 1 unspecified atom stereocenters. The number of rotatable bonds is 2. The molecule has 0 radical (unpaired) electrons. The fourth-order valence-electron chi connectivity index (χ4n) is 2.69. The molecule has 1 saturated carbocycles. The molecule has 1 atom stereocenters. The Kier molecular flexibility index (Phi) is 3.41. The number of hydrogen-bond acceptors (Lipinski definition) is 2. The van der Waals surface area contributed by atoms with Crippen LogP contribution in [0.4, 0.5) is 0 Å². The van der Waals surface area contributed by atoms with E-state index in [1.54, 1.807) is 0 Å². The lowest BCUT2D eigenvalue weighted by atomic mass is 9.70. The monoisotopic (exact) mass is 237 g/mol. The largest absolute Gasteiger partial charge is 0.324 e. The molecule has 90 valence electrons. The van der Waals surface area contributed by atoms with Gasteiger partial charge in [-0.1, -0.05) is 13.8 Å². The summed E-state index contributed by atoms with van der Waals surface area (Å²) in [6.45, 7) is 6.91. The molecule has 1 aliphatic rings. The third-order valence-corrected chi connectivity index (χ3v) is 4.91. The molecule has 1 aromatic heterocycles. The van der Waals surface area contributed by atoms with Crippen molar-refractivity contribution in [2.24, 2.45) is 17.1 Å². The first-order valence-electron chi connectivity index (χ1n) is 6.28. The summed E-state index contributed by atoms with van der Waals surface area (Å²) < 4.78 is 0. The van der Waals surface area contributed by atoms with Crippen LogP contribution in [0.25, 0.3) is 0 Å². The quantitative estimate of drug-likeness (QED) is 0.816. The van der Waals surface area contributed by atoms with E-state index in [-0.39, 0.29) is 6.04 Å². The van der Waals surface area contributed by atoms with E-state index in [0.717, 1.165) is 0 Å². The predicted molar refractivity (Wildman–Crippen MR) is 71.7 cm³/mol. The van der Waals surface area contributed by atoms with Crippen LogP contribution >= 0.6 is 11.3 Å². The van der Waals surface area contributed by atoms with E-state index < -0.39 is 0 Å².